The molecule has 1 aliphatic rings. The monoisotopic (exact) mass is 378 g/mol. The summed E-state index contributed by atoms with van der Waals surface area (Å²) in [6, 6.07) is 5.47. The molecule has 11 heteroatoms. The van der Waals surface area contributed by atoms with Gasteiger partial charge in [0.1, 0.15) is 18.0 Å². The smallest absolute Gasteiger partial charge is 0.367 e. The highest BCUT2D eigenvalue weighted by Gasteiger charge is 2.34. The summed E-state index contributed by atoms with van der Waals surface area (Å²) in [7, 11) is 0. The Morgan fingerprint density at radius 1 is 0.963 bits per heavy atom. The van der Waals surface area contributed by atoms with Crippen molar-refractivity contribution < 1.29 is 13.2 Å². The summed E-state index contributed by atoms with van der Waals surface area (Å²) in [6.07, 6.45) is 1.50. The van der Waals surface area contributed by atoms with Crippen molar-refractivity contribution in [2.45, 2.75) is 43.9 Å². The Kier molecular flexibility index (Phi) is 4.50. The van der Waals surface area contributed by atoms with E-state index in [2.05, 4.69) is 35.9 Å². The lowest BCUT2D eigenvalue weighted by molar-refractivity contribution is -0.144. The average Bonchev–Trinajstić information content (AvgIpc) is 3.11. The highest BCUT2D eigenvalue weighted by molar-refractivity contribution is 5.43. The van der Waals surface area contributed by atoms with Crippen LogP contribution in [0.1, 0.15) is 31.5 Å². The van der Waals surface area contributed by atoms with E-state index >= 15 is 0 Å². The van der Waals surface area contributed by atoms with Gasteiger partial charge >= 0.3 is 6.18 Å². The number of halogens is 3. The van der Waals surface area contributed by atoms with Gasteiger partial charge in [-0.1, -0.05) is 0 Å². The van der Waals surface area contributed by atoms with Gasteiger partial charge in [-0.3, -0.25) is 0 Å². The van der Waals surface area contributed by atoms with Gasteiger partial charge in [0.05, 0.1) is 0 Å². The van der Waals surface area contributed by atoms with Crippen LogP contribution >= 0.6 is 0 Å². The maximum Gasteiger partial charge on any atom is 0.451 e. The molecule has 0 aromatic carbocycles. The number of hydrogen-bond donors (Lipinski definition) is 2. The van der Waals surface area contributed by atoms with E-state index < -0.39 is 12.0 Å². The molecule has 4 rings (SSSR count). The van der Waals surface area contributed by atoms with Crippen LogP contribution in [0.15, 0.2) is 30.7 Å². The standard InChI is InChI=1S/C16H17F3N8/c17-16(18,19)15-20-8-7-12(24-15)22-10-1-3-11(4-2-10)23-13-5-6-14-25-21-9-27(14)26-13/h5-11H,1-4H2,(H,23,26)(H,20,22,24). The van der Waals surface area contributed by atoms with Gasteiger partial charge in [0.15, 0.2) is 5.65 Å². The summed E-state index contributed by atoms with van der Waals surface area (Å²) in [5.41, 5.74) is 0.677. The van der Waals surface area contributed by atoms with Crippen LogP contribution in [0.5, 0.6) is 0 Å². The lowest BCUT2D eigenvalue weighted by atomic mass is 9.91. The Labute approximate surface area is 152 Å². The van der Waals surface area contributed by atoms with Crippen LogP contribution < -0.4 is 10.6 Å². The number of fused-ring (bicyclic) bond motifs is 1. The Bertz CT molecular complexity index is 917. The maximum atomic E-state index is 12.7. The highest BCUT2D eigenvalue weighted by Crippen LogP contribution is 2.28. The molecule has 0 amide bonds. The molecule has 0 spiro atoms. The van der Waals surface area contributed by atoms with Gasteiger partial charge in [-0.15, -0.1) is 15.3 Å². The third kappa shape index (κ3) is 4.07. The van der Waals surface area contributed by atoms with Gasteiger partial charge in [-0.2, -0.15) is 17.7 Å². The van der Waals surface area contributed by atoms with E-state index in [1.54, 1.807) is 4.52 Å². The third-order valence-corrected chi connectivity index (χ3v) is 4.50. The molecule has 1 aliphatic carbocycles. The molecule has 0 radical (unpaired) electrons. The van der Waals surface area contributed by atoms with E-state index in [9.17, 15) is 13.2 Å². The molecule has 3 aromatic heterocycles. The van der Waals surface area contributed by atoms with Crippen molar-refractivity contribution >= 4 is 17.3 Å². The quantitative estimate of drug-likeness (QED) is 0.721. The first-order chi connectivity index (χ1) is 13.0. The lowest BCUT2D eigenvalue weighted by Crippen LogP contribution is -2.33. The summed E-state index contributed by atoms with van der Waals surface area (Å²) in [5, 5.41) is 18.6. The molecule has 3 aromatic rings. The zero-order chi connectivity index (χ0) is 18.9. The van der Waals surface area contributed by atoms with Crippen molar-refractivity contribution in [3.63, 3.8) is 0 Å². The van der Waals surface area contributed by atoms with Crippen molar-refractivity contribution in [3.8, 4) is 0 Å². The van der Waals surface area contributed by atoms with E-state index in [0.717, 1.165) is 37.7 Å². The van der Waals surface area contributed by atoms with E-state index in [-0.39, 0.29) is 17.9 Å². The molecule has 3 heterocycles. The number of rotatable bonds is 4. The largest absolute Gasteiger partial charge is 0.451 e. The van der Waals surface area contributed by atoms with Crippen molar-refractivity contribution in [3.05, 3.63) is 36.5 Å². The number of aromatic nitrogens is 6. The third-order valence-electron chi connectivity index (χ3n) is 4.50. The van der Waals surface area contributed by atoms with Crippen molar-refractivity contribution in [1.82, 2.24) is 29.8 Å². The fourth-order valence-electron chi connectivity index (χ4n) is 3.18. The van der Waals surface area contributed by atoms with E-state index in [1.807, 2.05) is 12.1 Å². The van der Waals surface area contributed by atoms with Gasteiger partial charge < -0.3 is 10.6 Å². The minimum Gasteiger partial charge on any atom is -0.367 e. The molecule has 0 saturated heterocycles. The van der Waals surface area contributed by atoms with Crippen molar-refractivity contribution in [1.29, 1.82) is 0 Å². The summed E-state index contributed by atoms with van der Waals surface area (Å²) in [6.45, 7) is 0. The number of hydrogen-bond acceptors (Lipinski definition) is 7. The fraction of sp³-hybridized carbons (Fsp3) is 0.438. The van der Waals surface area contributed by atoms with Gasteiger partial charge in [0.2, 0.25) is 5.82 Å². The molecular weight excluding hydrogens is 361 g/mol. The molecule has 0 aliphatic heterocycles. The fourth-order valence-corrected chi connectivity index (χ4v) is 3.18. The Balaban J connectivity index is 1.32. The second kappa shape index (κ2) is 6.97. The first-order valence-corrected chi connectivity index (χ1v) is 8.58. The Hall–Kier alpha value is -2.98. The van der Waals surface area contributed by atoms with Gasteiger partial charge in [0.25, 0.3) is 0 Å². The molecule has 142 valence electrons. The van der Waals surface area contributed by atoms with Crippen LogP contribution in [0.3, 0.4) is 0 Å². The number of nitrogens with one attached hydrogen (secondary N) is 2. The maximum absolute atomic E-state index is 12.7. The van der Waals surface area contributed by atoms with Crippen LogP contribution in [0, 0.1) is 0 Å². The van der Waals surface area contributed by atoms with Gasteiger partial charge in [-0.05, 0) is 43.9 Å². The SMILES string of the molecule is FC(F)(F)c1nccc(NC2CCC(Nc3ccc4nncn4n3)CC2)n1. The van der Waals surface area contributed by atoms with Crippen LogP contribution in [0.2, 0.25) is 0 Å². The second-order valence-corrected chi connectivity index (χ2v) is 6.45. The van der Waals surface area contributed by atoms with Gasteiger partial charge in [0, 0.05) is 18.3 Å². The molecule has 1 fully saturated rings. The van der Waals surface area contributed by atoms with Crippen LogP contribution in [0.4, 0.5) is 24.8 Å². The number of alkyl halides is 3. The number of nitrogens with zero attached hydrogens (tertiary/aromatic N) is 6. The summed E-state index contributed by atoms with van der Waals surface area (Å²) >= 11 is 0. The molecule has 8 nitrogen and oxygen atoms in total. The summed E-state index contributed by atoms with van der Waals surface area (Å²) in [4.78, 5) is 6.84. The van der Waals surface area contributed by atoms with E-state index in [0.29, 0.717) is 5.65 Å². The first kappa shape index (κ1) is 17.4. The lowest BCUT2D eigenvalue weighted by Gasteiger charge is -2.30. The zero-order valence-electron chi connectivity index (χ0n) is 14.2. The molecule has 27 heavy (non-hydrogen) atoms. The molecule has 0 bridgehead atoms. The normalized spacial score (nSPS) is 20.6. The van der Waals surface area contributed by atoms with Crippen molar-refractivity contribution in [2.24, 2.45) is 0 Å². The molecule has 0 atom stereocenters. The average molecular weight is 378 g/mol. The molecule has 2 N–H and O–H groups in total. The summed E-state index contributed by atoms with van der Waals surface area (Å²) in [5.74, 6) is -0.184. The van der Waals surface area contributed by atoms with E-state index in [4.69, 9.17) is 0 Å². The van der Waals surface area contributed by atoms with Crippen LogP contribution in [-0.4, -0.2) is 41.9 Å². The van der Waals surface area contributed by atoms with Crippen molar-refractivity contribution in [2.75, 3.05) is 10.6 Å². The molecule has 0 unspecified atom stereocenters. The van der Waals surface area contributed by atoms with Crippen LogP contribution in [-0.2, 0) is 6.18 Å². The highest BCUT2D eigenvalue weighted by atomic mass is 19.4. The molecule has 1 saturated carbocycles. The van der Waals surface area contributed by atoms with Gasteiger partial charge in [-0.25, -0.2) is 9.97 Å². The minimum atomic E-state index is -4.54. The zero-order valence-corrected chi connectivity index (χ0v) is 14.2. The second-order valence-electron chi connectivity index (χ2n) is 6.45. The van der Waals surface area contributed by atoms with E-state index in [1.165, 1.54) is 12.4 Å². The van der Waals surface area contributed by atoms with Crippen LogP contribution in [0.25, 0.3) is 5.65 Å². The Morgan fingerprint density at radius 2 is 1.67 bits per heavy atom. The Morgan fingerprint density at radius 3 is 2.37 bits per heavy atom. The predicted octanol–water partition coefficient (Wildman–Crippen LogP) is 2.77. The molecular formula is C16H17F3N8. The number of anilines is 2. The first-order valence-electron chi connectivity index (χ1n) is 8.58. The summed E-state index contributed by atoms with van der Waals surface area (Å²) < 4.78 is 39.7. The predicted molar refractivity (Wildman–Crippen MR) is 91.1 cm³/mol. The minimum absolute atomic E-state index is 0.0762. The topological polar surface area (TPSA) is 92.9 Å².